The minimum absolute atomic E-state index is 0.172. The van der Waals surface area contributed by atoms with Crippen molar-refractivity contribution in [2.24, 2.45) is 5.41 Å². The first-order valence-electron chi connectivity index (χ1n) is 8.34. The molecule has 0 unspecified atom stereocenters. The molecule has 1 aromatic rings. The number of piperidine rings is 1. The Bertz CT molecular complexity index is 565. The van der Waals surface area contributed by atoms with Gasteiger partial charge in [-0.25, -0.2) is 0 Å². The van der Waals surface area contributed by atoms with E-state index in [9.17, 15) is 9.59 Å². The van der Waals surface area contributed by atoms with Crippen molar-refractivity contribution in [3.05, 3.63) is 35.9 Å². The van der Waals surface area contributed by atoms with Gasteiger partial charge >= 0.3 is 5.97 Å². The molecule has 2 saturated heterocycles. The van der Waals surface area contributed by atoms with Crippen molar-refractivity contribution < 1.29 is 14.3 Å². The molecule has 0 atom stereocenters. The van der Waals surface area contributed by atoms with Crippen LogP contribution in [0.25, 0.3) is 0 Å². The summed E-state index contributed by atoms with van der Waals surface area (Å²) in [5.41, 5.74) is 0.996. The van der Waals surface area contributed by atoms with Crippen LogP contribution in [0.2, 0.25) is 0 Å². The topological polar surface area (TPSA) is 49.9 Å². The number of hydrogen-bond donors (Lipinski definition) is 0. The maximum absolute atomic E-state index is 12.6. The van der Waals surface area contributed by atoms with Crippen LogP contribution in [0.1, 0.15) is 25.3 Å². The normalized spacial score (nSPS) is 20.4. The molecule has 124 valence electrons. The maximum Gasteiger partial charge on any atom is 0.320 e. The first-order valence-corrected chi connectivity index (χ1v) is 8.34. The molecule has 0 radical (unpaired) electrons. The number of β-lactam (4-membered cyclic amide) rings is 1. The molecule has 1 aromatic carbocycles. The zero-order valence-corrected chi connectivity index (χ0v) is 13.7. The zero-order chi connectivity index (χ0) is 16.3. The second kappa shape index (κ2) is 6.71. The number of carbonyl (C=O) groups is 2. The largest absolute Gasteiger partial charge is 0.465 e. The summed E-state index contributed by atoms with van der Waals surface area (Å²) in [4.78, 5) is 28.2. The molecule has 2 fully saturated rings. The third kappa shape index (κ3) is 3.39. The van der Waals surface area contributed by atoms with Gasteiger partial charge in [0.05, 0.1) is 18.6 Å². The second-order valence-electron chi connectivity index (χ2n) is 6.51. The summed E-state index contributed by atoms with van der Waals surface area (Å²) in [7, 11) is 0. The van der Waals surface area contributed by atoms with Gasteiger partial charge in [0, 0.05) is 13.1 Å². The molecular formula is C18H24N2O3. The second-order valence-corrected chi connectivity index (χ2v) is 6.51. The van der Waals surface area contributed by atoms with Crippen molar-refractivity contribution in [2.75, 3.05) is 32.8 Å². The average molecular weight is 316 g/mol. The van der Waals surface area contributed by atoms with Crippen LogP contribution < -0.4 is 0 Å². The first kappa shape index (κ1) is 16.0. The number of nitrogens with zero attached hydrogens (tertiary/aromatic N) is 2. The molecule has 2 aliphatic heterocycles. The van der Waals surface area contributed by atoms with Crippen molar-refractivity contribution >= 4 is 11.9 Å². The van der Waals surface area contributed by atoms with E-state index < -0.39 is 0 Å². The van der Waals surface area contributed by atoms with Crippen molar-refractivity contribution in [2.45, 2.75) is 26.3 Å². The van der Waals surface area contributed by atoms with Gasteiger partial charge in [0.1, 0.15) is 0 Å². The van der Waals surface area contributed by atoms with Crippen LogP contribution in [0, 0.1) is 5.41 Å². The molecule has 23 heavy (non-hydrogen) atoms. The van der Waals surface area contributed by atoms with Crippen molar-refractivity contribution in [3.8, 4) is 0 Å². The highest BCUT2D eigenvalue weighted by Gasteiger charge is 2.52. The van der Waals surface area contributed by atoms with E-state index in [1.807, 2.05) is 30.0 Å². The Morgan fingerprint density at radius 1 is 1.22 bits per heavy atom. The molecule has 0 aliphatic carbocycles. The molecule has 0 aromatic heterocycles. The Kier molecular flexibility index (Phi) is 4.66. The number of rotatable bonds is 5. The lowest BCUT2D eigenvalue weighted by Crippen LogP contribution is -2.64. The lowest BCUT2D eigenvalue weighted by atomic mass is 9.71. The van der Waals surface area contributed by atoms with E-state index in [0.717, 1.165) is 32.5 Å². The lowest BCUT2D eigenvalue weighted by molar-refractivity contribution is -0.167. The third-order valence-electron chi connectivity index (χ3n) is 4.92. The van der Waals surface area contributed by atoms with Crippen LogP contribution in [0.5, 0.6) is 0 Å². The number of benzene rings is 1. The van der Waals surface area contributed by atoms with Gasteiger partial charge in [0.2, 0.25) is 5.91 Å². The summed E-state index contributed by atoms with van der Waals surface area (Å²) in [5.74, 6) is 0.103. The number of amides is 1. The Balaban J connectivity index is 1.48. The monoisotopic (exact) mass is 316 g/mol. The highest BCUT2D eigenvalue weighted by molar-refractivity contribution is 5.89. The van der Waals surface area contributed by atoms with Gasteiger partial charge in [-0.15, -0.1) is 0 Å². The van der Waals surface area contributed by atoms with Gasteiger partial charge in [0.15, 0.2) is 0 Å². The fourth-order valence-corrected chi connectivity index (χ4v) is 3.58. The van der Waals surface area contributed by atoms with Crippen molar-refractivity contribution in [1.82, 2.24) is 9.80 Å². The van der Waals surface area contributed by atoms with Crippen molar-refractivity contribution in [3.63, 3.8) is 0 Å². The Morgan fingerprint density at radius 3 is 2.52 bits per heavy atom. The molecule has 2 aliphatic rings. The van der Waals surface area contributed by atoms with E-state index in [1.165, 1.54) is 5.56 Å². The predicted molar refractivity (Wildman–Crippen MR) is 86.6 cm³/mol. The molecule has 0 N–H and O–H groups in total. The van der Waals surface area contributed by atoms with Crippen LogP contribution in [0.15, 0.2) is 30.3 Å². The van der Waals surface area contributed by atoms with E-state index in [-0.39, 0.29) is 17.3 Å². The quantitative estimate of drug-likeness (QED) is 0.612. The van der Waals surface area contributed by atoms with Crippen molar-refractivity contribution in [1.29, 1.82) is 0 Å². The summed E-state index contributed by atoms with van der Waals surface area (Å²) in [6, 6.07) is 10.1. The van der Waals surface area contributed by atoms with Gasteiger partial charge in [-0.05, 0) is 38.4 Å². The Morgan fingerprint density at radius 2 is 1.91 bits per heavy atom. The predicted octanol–water partition coefficient (Wildman–Crippen LogP) is 1.67. The lowest BCUT2D eigenvalue weighted by Gasteiger charge is -2.52. The van der Waals surface area contributed by atoms with E-state index >= 15 is 0 Å². The van der Waals surface area contributed by atoms with E-state index in [1.54, 1.807) is 0 Å². The van der Waals surface area contributed by atoms with Gasteiger partial charge in [-0.3, -0.25) is 14.5 Å². The molecule has 2 heterocycles. The summed E-state index contributed by atoms with van der Waals surface area (Å²) in [6.45, 7) is 5.71. The number of ether oxygens (including phenoxy) is 1. The molecule has 5 nitrogen and oxygen atoms in total. The summed E-state index contributed by atoms with van der Waals surface area (Å²) in [6.07, 6.45) is 1.69. The van der Waals surface area contributed by atoms with E-state index in [2.05, 4.69) is 17.0 Å². The summed E-state index contributed by atoms with van der Waals surface area (Å²) < 4.78 is 4.99. The highest BCUT2D eigenvalue weighted by atomic mass is 16.5. The molecule has 0 saturated carbocycles. The molecular weight excluding hydrogens is 292 g/mol. The maximum atomic E-state index is 12.6. The van der Waals surface area contributed by atoms with Gasteiger partial charge in [0.25, 0.3) is 0 Å². The number of esters is 1. The zero-order valence-electron chi connectivity index (χ0n) is 13.7. The molecule has 1 spiro atoms. The standard InChI is InChI=1S/C18H24N2O3/c1-2-23-16(21)13-19-10-8-18(9-11-19)14-20(17(18)22)12-15-6-4-3-5-7-15/h3-7H,2,8-14H2,1H3. The molecule has 0 bridgehead atoms. The van der Waals surface area contributed by atoms with Crippen LogP contribution in [-0.4, -0.2) is 54.5 Å². The highest BCUT2D eigenvalue weighted by Crippen LogP contribution is 2.42. The van der Waals surface area contributed by atoms with E-state index in [4.69, 9.17) is 4.74 Å². The average Bonchev–Trinajstić information content (AvgIpc) is 2.57. The van der Waals surface area contributed by atoms with E-state index in [0.29, 0.717) is 19.7 Å². The number of likely N-dealkylation sites (tertiary alicyclic amines) is 2. The molecule has 3 rings (SSSR count). The van der Waals surface area contributed by atoms with Gasteiger partial charge in [-0.2, -0.15) is 0 Å². The number of hydrogen-bond acceptors (Lipinski definition) is 4. The third-order valence-corrected chi connectivity index (χ3v) is 4.92. The van der Waals surface area contributed by atoms with Crippen LogP contribution in [0.4, 0.5) is 0 Å². The Labute approximate surface area is 137 Å². The summed E-state index contributed by atoms with van der Waals surface area (Å²) in [5, 5.41) is 0. The molecule has 5 heteroatoms. The fraction of sp³-hybridized carbons (Fsp3) is 0.556. The summed E-state index contributed by atoms with van der Waals surface area (Å²) >= 11 is 0. The fourth-order valence-electron chi connectivity index (χ4n) is 3.58. The van der Waals surface area contributed by atoms with Crippen LogP contribution in [0.3, 0.4) is 0 Å². The minimum Gasteiger partial charge on any atom is -0.465 e. The van der Waals surface area contributed by atoms with Crippen LogP contribution in [-0.2, 0) is 20.9 Å². The molecule has 1 amide bonds. The smallest absolute Gasteiger partial charge is 0.320 e. The SMILES string of the molecule is CCOC(=O)CN1CCC2(CC1)CN(Cc1ccccc1)C2=O. The first-order chi connectivity index (χ1) is 11.1. The minimum atomic E-state index is -0.181. The van der Waals surface area contributed by atoms with Crippen LogP contribution >= 0.6 is 0 Å². The van der Waals surface area contributed by atoms with Gasteiger partial charge < -0.3 is 9.64 Å². The number of carbonyl (C=O) groups excluding carboxylic acids is 2. The van der Waals surface area contributed by atoms with Gasteiger partial charge in [-0.1, -0.05) is 30.3 Å². The Hall–Kier alpha value is -1.88.